The summed E-state index contributed by atoms with van der Waals surface area (Å²) in [5.41, 5.74) is 1.30. The van der Waals surface area contributed by atoms with Gasteiger partial charge >= 0.3 is 0 Å². The molecule has 4 heteroatoms. The minimum Gasteiger partial charge on any atom is -0.309 e. The average molecular weight is 310 g/mol. The van der Waals surface area contributed by atoms with Crippen LogP contribution >= 0.6 is 11.6 Å². The molecule has 0 spiro atoms. The van der Waals surface area contributed by atoms with Gasteiger partial charge < -0.3 is 15.1 Å². The van der Waals surface area contributed by atoms with Crippen molar-refractivity contribution >= 4 is 11.6 Å². The molecule has 1 aromatic carbocycles. The van der Waals surface area contributed by atoms with Gasteiger partial charge in [0.25, 0.3) is 0 Å². The molecule has 0 bridgehead atoms. The largest absolute Gasteiger partial charge is 0.309 e. The zero-order valence-corrected chi connectivity index (χ0v) is 14.2. The molecule has 1 fully saturated rings. The van der Waals surface area contributed by atoms with Crippen LogP contribution < -0.4 is 5.32 Å². The van der Waals surface area contributed by atoms with Gasteiger partial charge in [-0.1, -0.05) is 23.7 Å². The van der Waals surface area contributed by atoms with Crippen molar-refractivity contribution in [2.45, 2.75) is 31.8 Å². The van der Waals surface area contributed by atoms with Crippen molar-refractivity contribution < 1.29 is 0 Å². The lowest BCUT2D eigenvalue weighted by Crippen LogP contribution is -2.44. The van der Waals surface area contributed by atoms with E-state index in [1.807, 2.05) is 12.1 Å². The van der Waals surface area contributed by atoms with Gasteiger partial charge in [-0.3, -0.25) is 0 Å². The fourth-order valence-corrected chi connectivity index (χ4v) is 3.09. The Kier molecular flexibility index (Phi) is 6.49. The van der Waals surface area contributed by atoms with E-state index >= 15 is 0 Å². The highest BCUT2D eigenvalue weighted by molar-refractivity contribution is 6.30. The number of nitrogens with zero attached hydrogens (tertiary/aromatic N) is 2. The van der Waals surface area contributed by atoms with Crippen LogP contribution in [0.25, 0.3) is 0 Å². The first kappa shape index (κ1) is 16.8. The van der Waals surface area contributed by atoms with Gasteiger partial charge in [0.05, 0.1) is 0 Å². The van der Waals surface area contributed by atoms with Crippen LogP contribution in [0.15, 0.2) is 24.3 Å². The number of hydrogen-bond acceptors (Lipinski definition) is 3. The minimum atomic E-state index is 0.376. The van der Waals surface area contributed by atoms with Gasteiger partial charge in [-0.25, -0.2) is 0 Å². The molecule has 3 nitrogen and oxygen atoms in total. The molecule has 0 amide bonds. The molecular formula is C17H28ClN3. The SMILES string of the molecule is C[C@H](NCCN1CCC(N(C)C)CC1)c1ccc(Cl)cc1. The van der Waals surface area contributed by atoms with Gasteiger partial charge in [-0.15, -0.1) is 0 Å². The van der Waals surface area contributed by atoms with E-state index < -0.39 is 0 Å². The quantitative estimate of drug-likeness (QED) is 0.871. The number of rotatable bonds is 6. The van der Waals surface area contributed by atoms with E-state index in [0.29, 0.717) is 6.04 Å². The second-order valence-corrected chi connectivity index (χ2v) is 6.70. The van der Waals surface area contributed by atoms with Crippen molar-refractivity contribution in [2.24, 2.45) is 0 Å². The summed E-state index contributed by atoms with van der Waals surface area (Å²) in [6.07, 6.45) is 2.58. The Morgan fingerprint density at radius 3 is 2.43 bits per heavy atom. The molecular weight excluding hydrogens is 282 g/mol. The lowest BCUT2D eigenvalue weighted by Gasteiger charge is -2.35. The van der Waals surface area contributed by atoms with E-state index in [1.54, 1.807) is 0 Å². The zero-order chi connectivity index (χ0) is 15.2. The van der Waals surface area contributed by atoms with Crippen LogP contribution in [0.4, 0.5) is 0 Å². The lowest BCUT2D eigenvalue weighted by atomic mass is 10.0. The monoisotopic (exact) mass is 309 g/mol. The topological polar surface area (TPSA) is 18.5 Å². The molecule has 0 unspecified atom stereocenters. The molecule has 118 valence electrons. The Labute approximate surface area is 134 Å². The molecule has 1 N–H and O–H groups in total. The van der Waals surface area contributed by atoms with Gasteiger partial charge in [0.2, 0.25) is 0 Å². The van der Waals surface area contributed by atoms with Crippen LogP contribution in [-0.4, -0.2) is 56.1 Å². The predicted octanol–water partition coefficient (Wildman–Crippen LogP) is 3.02. The van der Waals surface area contributed by atoms with Gasteiger partial charge in [-0.2, -0.15) is 0 Å². The molecule has 0 radical (unpaired) electrons. The van der Waals surface area contributed by atoms with Gasteiger partial charge in [0, 0.05) is 30.2 Å². The maximum atomic E-state index is 5.93. The van der Waals surface area contributed by atoms with Crippen molar-refractivity contribution in [2.75, 3.05) is 40.3 Å². The summed E-state index contributed by atoms with van der Waals surface area (Å²) in [5, 5.41) is 4.41. The van der Waals surface area contributed by atoms with E-state index in [-0.39, 0.29) is 0 Å². The highest BCUT2D eigenvalue weighted by atomic mass is 35.5. The molecule has 1 aromatic rings. The van der Waals surface area contributed by atoms with Crippen LogP contribution in [0, 0.1) is 0 Å². The highest BCUT2D eigenvalue weighted by Gasteiger charge is 2.20. The molecule has 0 aliphatic carbocycles. The number of hydrogen-bond donors (Lipinski definition) is 1. The van der Waals surface area contributed by atoms with Gasteiger partial charge in [-0.05, 0) is 64.6 Å². The lowest BCUT2D eigenvalue weighted by molar-refractivity contribution is 0.145. The third-order valence-electron chi connectivity index (χ3n) is 4.54. The number of halogens is 1. The molecule has 1 atom stereocenters. The van der Waals surface area contributed by atoms with Crippen molar-refractivity contribution in [3.05, 3.63) is 34.9 Å². The smallest absolute Gasteiger partial charge is 0.0406 e. The zero-order valence-electron chi connectivity index (χ0n) is 13.5. The summed E-state index contributed by atoms with van der Waals surface area (Å²) in [6.45, 7) is 6.83. The molecule has 1 aliphatic heterocycles. The normalized spacial score (nSPS) is 19.1. The number of likely N-dealkylation sites (tertiary alicyclic amines) is 1. The van der Waals surface area contributed by atoms with Crippen LogP contribution in [0.1, 0.15) is 31.4 Å². The van der Waals surface area contributed by atoms with Crippen molar-refractivity contribution in [3.8, 4) is 0 Å². The van der Waals surface area contributed by atoms with Crippen LogP contribution in [0.2, 0.25) is 5.02 Å². The Bertz CT molecular complexity index is 411. The molecule has 0 aromatic heterocycles. The van der Waals surface area contributed by atoms with Crippen LogP contribution in [0.5, 0.6) is 0 Å². The number of piperidine rings is 1. The Balaban J connectivity index is 1.67. The molecule has 1 heterocycles. The first-order valence-electron chi connectivity index (χ1n) is 7.94. The molecule has 1 saturated heterocycles. The standard InChI is InChI=1S/C17H28ClN3/c1-14(15-4-6-16(18)7-5-15)19-10-13-21-11-8-17(9-12-21)20(2)3/h4-7,14,17,19H,8-13H2,1-3H3/t14-/m0/s1. The van der Waals surface area contributed by atoms with Gasteiger partial charge in [0.1, 0.15) is 0 Å². The summed E-state index contributed by atoms with van der Waals surface area (Å²) in [6, 6.07) is 9.26. The van der Waals surface area contributed by atoms with Gasteiger partial charge in [0.15, 0.2) is 0 Å². The summed E-state index contributed by atoms with van der Waals surface area (Å²) in [5.74, 6) is 0. The summed E-state index contributed by atoms with van der Waals surface area (Å²) < 4.78 is 0. The van der Waals surface area contributed by atoms with Crippen LogP contribution in [0.3, 0.4) is 0 Å². The third kappa shape index (κ3) is 5.26. The Morgan fingerprint density at radius 1 is 1.24 bits per heavy atom. The first-order chi connectivity index (χ1) is 10.1. The van der Waals surface area contributed by atoms with E-state index in [0.717, 1.165) is 24.2 Å². The van der Waals surface area contributed by atoms with E-state index in [1.165, 1.54) is 31.5 Å². The summed E-state index contributed by atoms with van der Waals surface area (Å²) >= 11 is 5.93. The van der Waals surface area contributed by atoms with Crippen molar-refractivity contribution in [1.82, 2.24) is 15.1 Å². The highest BCUT2D eigenvalue weighted by Crippen LogP contribution is 2.16. The minimum absolute atomic E-state index is 0.376. The average Bonchev–Trinajstić information content (AvgIpc) is 2.48. The molecule has 1 aliphatic rings. The maximum Gasteiger partial charge on any atom is 0.0406 e. The second-order valence-electron chi connectivity index (χ2n) is 6.26. The fraction of sp³-hybridized carbons (Fsp3) is 0.647. The summed E-state index contributed by atoms with van der Waals surface area (Å²) in [7, 11) is 4.38. The number of nitrogens with one attached hydrogen (secondary N) is 1. The van der Waals surface area contributed by atoms with E-state index in [4.69, 9.17) is 11.6 Å². The Hall–Kier alpha value is -0.610. The third-order valence-corrected chi connectivity index (χ3v) is 4.79. The first-order valence-corrected chi connectivity index (χ1v) is 8.31. The number of benzene rings is 1. The van der Waals surface area contributed by atoms with Crippen molar-refractivity contribution in [3.63, 3.8) is 0 Å². The summed E-state index contributed by atoms with van der Waals surface area (Å²) in [4.78, 5) is 4.93. The second kappa shape index (κ2) is 8.14. The molecule has 0 saturated carbocycles. The fourth-order valence-electron chi connectivity index (χ4n) is 2.97. The van der Waals surface area contributed by atoms with E-state index in [9.17, 15) is 0 Å². The van der Waals surface area contributed by atoms with Crippen LogP contribution in [-0.2, 0) is 0 Å². The molecule has 2 rings (SSSR count). The molecule has 21 heavy (non-hydrogen) atoms. The Morgan fingerprint density at radius 2 is 1.86 bits per heavy atom. The van der Waals surface area contributed by atoms with E-state index in [2.05, 4.69) is 48.3 Å². The maximum absolute atomic E-state index is 5.93. The van der Waals surface area contributed by atoms with Crippen molar-refractivity contribution in [1.29, 1.82) is 0 Å². The predicted molar refractivity (Wildman–Crippen MR) is 91.0 cm³/mol.